The summed E-state index contributed by atoms with van der Waals surface area (Å²) in [6.07, 6.45) is -0.787. The molecule has 0 unspecified atom stereocenters. The van der Waals surface area contributed by atoms with Crippen molar-refractivity contribution in [1.29, 1.82) is 0 Å². The van der Waals surface area contributed by atoms with Crippen molar-refractivity contribution < 1.29 is 13.5 Å². The van der Waals surface area contributed by atoms with E-state index in [1.165, 1.54) is 5.56 Å². The third-order valence-electron chi connectivity index (χ3n) is 3.01. The van der Waals surface area contributed by atoms with Crippen molar-refractivity contribution in [2.24, 2.45) is 0 Å². The first kappa shape index (κ1) is 12.5. The lowest BCUT2D eigenvalue weighted by molar-refractivity contribution is 0.165. The Hall–Kier alpha value is -0.910. The Labute approximate surface area is 102 Å². The molecule has 2 atom stereocenters. The normalized spacial score (nSPS) is 27.2. The summed E-state index contributed by atoms with van der Waals surface area (Å²) in [4.78, 5) is 0. The average molecular weight is 255 g/mol. The second-order valence-electron chi connectivity index (χ2n) is 4.62. The first-order valence-corrected chi connectivity index (χ1v) is 7.46. The molecule has 1 fully saturated rings. The van der Waals surface area contributed by atoms with Gasteiger partial charge in [0.1, 0.15) is 0 Å². The zero-order valence-electron chi connectivity index (χ0n) is 9.76. The van der Waals surface area contributed by atoms with Crippen molar-refractivity contribution in [3.63, 3.8) is 0 Å². The Balaban J connectivity index is 1.93. The van der Waals surface area contributed by atoms with Crippen molar-refractivity contribution in [3.8, 4) is 0 Å². The molecule has 1 aromatic rings. The van der Waals surface area contributed by atoms with Gasteiger partial charge in [-0.1, -0.05) is 29.8 Å². The van der Waals surface area contributed by atoms with E-state index in [1.54, 1.807) is 0 Å². The van der Waals surface area contributed by atoms with Gasteiger partial charge in [-0.15, -0.1) is 0 Å². The first-order chi connectivity index (χ1) is 7.96. The summed E-state index contributed by atoms with van der Waals surface area (Å²) in [6, 6.07) is 7.68. The Morgan fingerprint density at radius 2 is 1.94 bits per heavy atom. The number of benzene rings is 1. The summed E-state index contributed by atoms with van der Waals surface area (Å²) in [5.41, 5.74) is 2.28. The monoisotopic (exact) mass is 255 g/mol. The average Bonchev–Trinajstić information content (AvgIpc) is 2.51. The summed E-state index contributed by atoms with van der Waals surface area (Å²) >= 11 is 0. The van der Waals surface area contributed by atoms with Crippen molar-refractivity contribution in [1.82, 2.24) is 5.32 Å². The molecule has 0 bridgehead atoms. The minimum absolute atomic E-state index is 0.0278. The molecule has 0 amide bonds. The second-order valence-corrected chi connectivity index (χ2v) is 6.77. The van der Waals surface area contributed by atoms with E-state index in [9.17, 15) is 13.5 Å². The number of hydrogen-bond acceptors (Lipinski definition) is 4. The number of rotatable bonds is 3. The van der Waals surface area contributed by atoms with Crippen molar-refractivity contribution in [2.75, 3.05) is 11.5 Å². The van der Waals surface area contributed by atoms with Gasteiger partial charge in [-0.3, -0.25) is 0 Å². The fourth-order valence-corrected chi connectivity index (χ4v) is 3.75. The summed E-state index contributed by atoms with van der Waals surface area (Å²) in [6.45, 7) is 2.60. The van der Waals surface area contributed by atoms with Crippen LogP contribution in [0.1, 0.15) is 11.1 Å². The lowest BCUT2D eigenvalue weighted by Gasteiger charge is -2.14. The summed E-state index contributed by atoms with van der Waals surface area (Å²) in [7, 11) is -3.07. The molecule has 1 saturated heterocycles. The van der Waals surface area contributed by atoms with Crippen LogP contribution in [0, 0.1) is 6.92 Å². The van der Waals surface area contributed by atoms with E-state index in [2.05, 4.69) is 5.32 Å². The molecule has 2 N–H and O–H groups in total. The molecule has 0 saturated carbocycles. The Bertz CT molecular complexity index is 481. The molecule has 0 spiro atoms. The first-order valence-electron chi connectivity index (χ1n) is 5.64. The summed E-state index contributed by atoms with van der Waals surface area (Å²) in [5.74, 6) is -0.0986. The van der Waals surface area contributed by atoms with E-state index in [-0.39, 0.29) is 17.5 Å². The van der Waals surface area contributed by atoms with Crippen LogP contribution in [0.5, 0.6) is 0 Å². The van der Waals surface area contributed by atoms with Crippen molar-refractivity contribution in [3.05, 3.63) is 35.4 Å². The van der Waals surface area contributed by atoms with Gasteiger partial charge < -0.3 is 10.4 Å². The van der Waals surface area contributed by atoms with E-state index >= 15 is 0 Å². The van der Waals surface area contributed by atoms with Crippen LogP contribution in [0.25, 0.3) is 0 Å². The van der Waals surface area contributed by atoms with Crippen LogP contribution >= 0.6 is 0 Å². The van der Waals surface area contributed by atoms with Crippen LogP contribution in [0.2, 0.25) is 0 Å². The predicted octanol–water partition coefficient (Wildman–Crippen LogP) is 0.243. The third kappa shape index (κ3) is 3.28. The third-order valence-corrected chi connectivity index (χ3v) is 4.73. The Morgan fingerprint density at radius 3 is 2.47 bits per heavy atom. The minimum atomic E-state index is -3.07. The fraction of sp³-hybridized carbons (Fsp3) is 0.500. The molecule has 0 aliphatic carbocycles. The molecular weight excluding hydrogens is 238 g/mol. The van der Waals surface area contributed by atoms with Crippen LogP contribution in [0.15, 0.2) is 24.3 Å². The highest BCUT2D eigenvalue weighted by Gasteiger charge is 2.35. The van der Waals surface area contributed by atoms with Gasteiger partial charge in [0.2, 0.25) is 0 Å². The molecule has 0 radical (unpaired) electrons. The van der Waals surface area contributed by atoms with Gasteiger partial charge in [0.05, 0.1) is 17.6 Å². The maximum absolute atomic E-state index is 11.3. The van der Waals surface area contributed by atoms with Gasteiger partial charge in [-0.2, -0.15) is 0 Å². The summed E-state index contributed by atoms with van der Waals surface area (Å²) in [5, 5.41) is 12.7. The van der Waals surface area contributed by atoms with Gasteiger partial charge in [0, 0.05) is 12.6 Å². The molecule has 1 heterocycles. The van der Waals surface area contributed by atoms with Gasteiger partial charge in [-0.05, 0) is 12.5 Å². The Kier molecular flexibility index (Phi) is 3.51. The zero-order valence-corrected chi connectivity index (χ0v) is 10.6. The highest BCUT2D eigenvalue weighted by atomic mass is 32.2. The predicted molar refractivity (Wildman–Crippen MR) is 66.5 cm³/mol. The lowest BCUT2D eigenvalue weighted by Crippen LogP contribution is -2.38. The number of sulfone groups is 1. The quantitative estimate of drug-likeness (QED) is 0.812. The van der Waals surface area contributed by atoms with E-state index < -0.39 is 15.9 Å². The SMILES string of the molecule is Cc1ccc(CN[C@H]2CS(=O)(=O)C[C@@H]2O)cc1. The highest BCUT2D eigenvalue weighted by molar-refractivity contribution is 7.91. The molecule has 1 aliphatic rings. The van der Waals surface area contributed by atoms with Crippen LogP contribution in [-0.2, 0) is 16.4 Å². The summed E-state index contributed by atoms with van der Waals surface area (Å²) < 4.78 is 22.6. The molecule has 2 rings (SSSR count). The van der Waals surface area contributed by atoms with E-state index in [0.717, 1.165) is 5.56 Å². The number of aryl methyl sites for hydroxylation is 1. The molecule has 94 valence electrons. The maximum Gasteiger partial charge on any atom is 0.154 e. The smallest absolute Gasteiger partial charge is 0.154 e. The van der Waals surface area contributed by atoms with Crippen LogP contribution < -0.4 is 5.32 Å². The van der Waals surface area contributed by atoms with E-state index in [0.29, 0.717) is 6.54 Å². The number of aliphatic hydroxyl groups is 1. The molecule has 5 heteroatoms. The van der Waals surface area contributed by atoms with Crippen LogP contribution in [0.3, 0.4) is 0 Å². The van der Waals surface area contributed by atoms with Crippen LogP contribution in [0.4, 0.5) is 0 Å². The molecule has 4 nitrogen and oxygen atoms in total. The topological polar surface area (TPSA) is 66.4 Å². The van der Waals surface area contributed by atoms with Crippen molar-refractivity contribution in [2.45, 2.75) is 25.6 Å². The molecule has 0 aromatic heterocycles. The lowest BCUT2D eigenvalue weighted by atomic mass is 10.1. The minimum Gasteiger partial charge on any atom is -0.390 e. The van der Waals surface area contributed by atoms with Crippen LogP contribution in [-0.4, -0.2) is 37.2 Å². The largest absolute Gasteiger partial charge is 0.390 e. The maximum atomic E-state index is 11.3. The molecule has 1 aromatic carbocycles. The molecule has 1 aliphatic heterocycles. The zero-order chi connectivity index (χ0) is 12.5. The van der Waals surface area contributed by atoms with Gasteiger partial charge in [-0.25, -0.2) is 8.42 Å². The second kappa shape index (κ2) is 4.76. The molecule has 17 heavy (non-hydrogen) atoms. The van der Waals surface area contributed by atoms with Gasteiger partial charge in [0.25, 0.3) is 0 Å². The van der Waals surface area contributed by atoms with Gasteiger partial charge >= 0.3 is 0 Å². The van der Waals surface area contributed by atoms with E-state index in [1.807, 2.05) is 31.2 Å². The molecular formula is C12H17NO3S. The fourth-order valence-electron chi connectivity index (χ4n) is 1.98. The Morgan fingerprint density at radius 1 is 1.29 bits per heavy atom. The van der Waals surface area contributed by atoms with Crippen molar-refractivity contribution >= 4 is 9.84 Å². The van der Waals surface area contributed by atoms with Gasteiger partial charge in [0.15, 0.2) is 9.84 Å². The number of nitrogens with one attached hydrogen (secondary N) is 1. The number of hydrogen-bond donors (Lipinski definition) is 2. The number of aliphatic hydroxyl groups excluding tert-OH is 1. The highest BCUT2D eigenvalue weighted by Crippen LogP contribution is 2.13. The van der Waals surface area contributed by atoms with E-state index in [4.69, 9.17) is 0 Å². The standard InChI is InChI=1S/C12H17NO3S/c1-9-2-4-10(5-3-9)6-13-11-7-17(15,16)8-12(11)14/h2-5,11-14H,6-8H2,1H3/t11-,12-/m0/s1.